The van der Waals surface area contributed by atoms with Gasteiger partial charge in [-0.2, -0.15) is 0 Å². The van der Waals surface area contributed by atoms with Gasteiger partial charge in [-0.25, -0.2) is 0 Å². The van der Waals surface area contributed by atoms with E-state index in [1.54, 1.807) is 37.7 Å². The molecule has 0 fully saturated rings. The number of fused-ring (bicyclic) bond motifs is 6. The van der Waals surface area contributed by atoms with E-state index in [-0.39, 0.29) is 36.3 Å². The highest BCUT2D eigenvalue weighted by Gasteiger charge is 2.32. The molecule has 0 unspecified atom stereocenters. The fourth-order valence-electron chi connectivity index (χ4n) is 8.72. The number of methoxy groups -OCH3 is 2. The topological polar surface area (TPSA) is 209 Å². The predicted molar refractivity (Wildman–Crippen MR) is 279 cm³/mol. The summed E-state index contributed by atoms with van der Waals surface area (Å²) in [5.74, 6) is 5.00. The smallest absolute Gasteiger partial charge is 0.222 e. The second-order valence-corrected chi connectivity index (χ2v) is 19.5. The number of ether oxygens (including phenoxy) is 2. The van der Waals surface area contributed by atoms with Gasteiger partial charge >= 0.3 is 0 Å². The van der Waals surface area contributed by atoms with Crippen molar-refractivity contribution in [2.24, 2.45) is 9.98 Å². The first-order valence-corrected chi connectivity index (χ1v) is 26.1. The van der Waals surface area contributed by atoms with Crippen molar-refractivity contribution in [3.05, 3.63) is 130 Å². The minimum Gasteiger partial charge on any atom is -0.497 e. The van der Waals surface area contributed by atoms with Crippen LogP contribution in [0.1, 0.15) is 110 Å². The van der Waals surface area contributed by atoms with E-state index >= 15 is 0 Å². The zero-order valence-electron chi connectivity index (χ0n) is 41.4. The van der Waals surface area contributed by atoms with Crippen molar-refractivity contribution in [2.75, 3.05) is 45.4 Å². The summed E-state index contributed by atoms with van der Waals surface area (Å²) in [7, 11) is 3.25. The maximum absolute atomic E-state index is 12.8. The van der Waals surface area contributed by atoms with Crippen molar-refractivity contribution in [2.45, 2.75) is 88.1 Å². The van der Waals surface area contributed by atoms with Crippen LogP contribution in [-0.4, -0.2) is 110 Å². The lowest BCUT2D eigenvalue weighted by molar-refractivity contribution is -0.122. The number of hydrogen-bond acceptors (Lipinski definition) is 14. The van der Waals surface area contributed by atoms with E-state index in [4.69, 9.17) is 19.5 Å². The summed E-state index contributed by atoms with van der Waals surface area (Å²) < 4.78 is 15.1. The Kier molecular flexibility index (Phi) is 17.0. The quantitative estimate of drug-likeness (QED) is 0.0448. The molecule has 3 amide bonds. The number of amides is 3. The molecule has 0 spiro atoms. The standard InChI is InChI=1S/C53H59N11O6S2/c1-7-54-48(67)30-43-52-61-59-32(3)63(52)45-21-15-37(69-5)28-41(45)50(57-43)34-11-17-39(18-12-34)71-26-23-36(65)10-9-25-56-47(66)24-27-72-40-19-13-35(14-20-40)51-42-29-38(70-6)16-22-46(42)64-33(4)60-62-53(64)44(58-51)31-49(68)55-8-2/h11-22,28-29,43-44H,7-10,23-27,30-31H2,1-6H3,(H,54,67)(H,55,68)(H,56,66)/t43-,44-/m0/s1. The van der Waals surface area contributed by atoms with E-state index in [1.807, 2.05) is 122 Å². The van der Waals surface area contributed by atoms with Crippen LogP contribution in [-0.2, 0) is 19.2 Å². The van der Waals surface area contributed by atoms with Gasteiger partial charge in [0.2, 0.25) is 17.7 Å². The minimum absolute atomic E-state index is 0.0580. The Labute approximate surface area is 427 Å². The molecule has 4 aromatic carbocycles. The first-order chi connectivity index (χ1) is 35.0. The van der Waals surface area contributed by atoms with Crippen molar-refractivity contribution in [1.82, 2.24) is 45.5 Å². The molecule has 0 aliphatic carbocycles. The lowest BCUT2D eigenvalue weighted by Gasteiger charge is -2.14. The molecule has 0 saturated heterocycles. The van der Waals surface area contributed by atoms with E-state index < -0.39 is 12.1 Å². The summed E-state index contributed by atoms with van der Waals surface area (Å²) in [5, 5.41) is 26.3. The van der Waals surface area contributed by atoms with Gasteiger partial charge < -0.3 is 25.4 Å². The van der Waals surface area contributed by atoms with Gasteiger partial charge in [-0.15, -0.1) is 43.9 Å². The molecular formula is C53H59N11O6S2. The molecule has 19 heteroatoms. The second-order valence-electron chi connectivity index (χ2n) is 17.2. The maximum atomic E-state index is 12.8. The van der Waals surface area contributed by atoms with Crippen LogP contribution < -0.4 is 25.4 Å². The number of hydrogen-bond donors (Lipinski definition) is 3. The molecule has 2 aliphatic heterocycles. The van der Waals surface area contributed by atoms with Gasteiger partial charge in [0.1, 0.15) is 41.0 Å². The molecule has 4 heterocycles. The van der Waals surface area contributed by atoms with Crippen LogP contribution in [0, 0.1) is 13.8 Å². The lowest BCUT2D eigenvalue weighted by atomic mass is 10.00. The number of benzene rings is 4. The number of aliphatic imine (C=N–C) groups is 2. The fourth-order valence-corrected chi connectivity index (χ4v) is 10.5. The Morgan fingerprint density at radius 3 is 1.47 bits per heavy atom. The number of aromatic nitrogens is 6. The number of Topliss-reactive ketones (excluding diaryl/α,β-unsaturated/α-hetero) is 1. The average molecular weight is 1010 g/mol. The van der Waals surface area contributed by atoms with Crippen LogP contribution in [0.5, 0.6) is 11.5 Å². The summed E-state index contributed by atoms with van der Waals surface area (Å²) in [6.07, 6.45) is 1.96. The molecule has 3 N–H and O–H groups in total. The molecule has 8 rings (SSSR count). The number of carbonyl (C=O) groups excluding carboxylic acids is 4. The Morgan fingerprint density at radius 2 is 1.03 bits per heavy atom. The van der Waals surface area contributed by atoms with E-state index in [9.17, 15) is 19.2 Å². The first kappa shape index (κ1) is 51.2. The number of nitrogens with zero attached hydrogens (tertiary/aromatic N) is 8. The summed E-state index contributed by atoms with van der Waals surface area (Å²) in [4.78, 5) is 63.6. The highest BCUT2D eigenvalue weighted by atomic mass is 32.2. The Balaban J connectivity index is 0.798. The molecule has 2 aliphatic rings. The van der Waals surface area contributed by atoms with Gasteiger partial charge in [0.05, 0.1) is 49.9 Å². The van der Waals surface area contributed by atoms with Gasteiger partial charge in [0.25, 0.3) is 0 Å². The predicted octanol–water partition coefficient (Wildman–Crippen LogP) is 7.45. The molecule has 374 valence electrons. The van der Waals surface area contributed by atoms with Crippen molar-refractivity contribution >= 4 is 58.5 Å². The third-order valence-corrected chi connectivity index (χ3v) is 14.3. The van der Waals surface area contributed by atoms with Crippen LogP contribution in [0.4, 0.5) is 0 Å². The number of ketones is 1. The van der Waals surface area contributed by atoms with E-state index in [1.165, 1.54) is 0 Å². The maximum Gasteiger partial charge on any atom is 0.222 e. The molecule has 6 aromatic rings. The third kappa shape index (κ3) is 12.0. The van der Waals surface area contributed by atoms with Gasteiger partial charge in [-0.05, 0) is 94.8 Å². The Morgan fingerprint density at radius 1 is 0.569 bits per heavy atom. The first-order valence-electron chi connectivity index (χ1n) is 24.1. The molecule has 2 atom stereocenters. The molecule has 72 heavy (non-hydrogen) atoms. The van der Waals surface area contributed by atoms with E-state index in [0.29, 0.717) is 97.3 Å². The van der Waals surface area contributed by atoms with Crippen molar-refractivity contribution < 1.29 is 28.7 Å². The SMILES string of the molecule is CCNC(=O)C[C@@H]1N=C(c2ccc(SCCC(=O)CCCNC(=O)CCSc3ccc(C4=N[C@@H](CC(=O)NCC)c5nnc(C)n5-c5ccc(OC)cc54)cc3)cc2)c2cc(OC)ccc2-n2c(C)nnc21. The molecule has 17 nitrogen and oxygen atoms in total. The van der Waals surface area contributed by atoms with Gasteiger partial charge in [-0.1, -0.05) is 24.3 Å². The highest BCUT2D eigenvalue weighted by Crippen LogP contribution is 2.37. The molecule has 0 saturated carbocycles. The molecule has 2 aromatic heterocycles. The van der Waals surface area contributed by atoms with E-state index in [0.717, 1.165) is 49.1 Å². The zero-order valence-corrected chi connectivity index (χ0v) is 43.0. The van der Waals surface area contributed by atoms with Crippen molar-refractivity contribution in [3.8, 4) is 22.9 Å². The van der Waals surface area contributed by atoms with E-state index in [2.05, 4.69) is 36.3 Å². The number of nitrogens with one attached hydrogen (secondary N) is 3. The van der Waals surface area contributed by atoms with Crippen molar-refractivity contribution in [1.29, 1.82) is 0 Å². The monoisotopic (exact) mass is 1010 g/mol. The molecular weight excluding hydrogens is 951 g/mol. The van der Waals surface area contributed by atoms with Crippen LogP contribution >= 0.6 is 23.5 Å². The summed E-state index contributed by atoms with van der Waals surface area (Å²) in [6, 6.07) is 26.6. The zero-order chi connectivity index (χ0) is 50.7. The number of rotatable bonds is 22. The van der Waals surface area contributed by atoms with Crippen LogP contribution in [0.3, 0.4) is 0 Å². The molecule has 0 bridgehead atoms. The summed E-state index contributed by atoms with van der Waals surface area (Å²) in [5.41, 5.74) is 6.56. The van der Waals surface area contributed by atoms with Gasteiger partial charge in [0.15, 0.2) is 11.6 Å². The number of carbonyl (C=O) groups is 4. The fraction of sp³-hybridized carbons (Fsp3) is 0.358. The van der Waals surface area contributed by atoms with Crippen LogP contribution in [0.15, 0.2) is 105 Å². The summed E-state index contributed by atoms with van der Waals surface area (Å²) in [6.45, 7) is 9.00. The van der Waals surface area contributed by atoms with Gasteiger partial charge in [0, 0.05) is 82.4 Å². The lowest BCUT2D eigenvalue weighted by Crippen LogP contribution is -2.25. The number of thioether (sulfide) groups is 2. The van der Waals surface area contributed by atoms with Crippen LogP contribution in [0.2, 0.25) is 0 Å². The molecule has 0 radical (unpaired) electrons. The second kappa shape index (κ2) is 23.9. The largest absolute Gasteiger partial charge is 0.497 e. The third-order valence-electron chi connectivity index (χ3n) is 12.2. The van der Waals surface area contributed by atoms with Crippen molar-refractivity contribution in [3.63, 3.8) is 0 Å². The Bertz CT molecular complexity index is 2800. The summed E-state index contributed by atoms with van der Waals surface area (Å²) >= 11 is 3.20. The van der Waals surface area contributed by atoms with Gasteiger partial charge in [-0.3, -0.25) is 38.3 Å². The average Bonchev–Trinajstić information content (AvgIpc) is 3.89. The normalized spacial score (nSPS) is 14.5. The highest BCUT2D eigenvalue weighted by molar-refractivity contribution is 7.99. The minimum atomic E-state index is -0.563. The number of aryl methyl sites for hydroxylation is 2. The van der Waals surface area contributed by atoms with Crippen LogP contribution in [0.25, 0.3) is 11.4 Å². The Hall–Kier alpha value is -7.12.